The van der Waals surface area contributed by atoms with Crippen LogP contribution in [0.5, 0.6) is 0 Å². The number of nitrogens with one attached hydrogen (secondary N) is 2. The topological polar surface area (TPSA) is 110 Å². The molecule has 0 bridgehead atoms. The maximum absolute atomic E-state index is 10.8. The molecule has 0 saturated heterocycles. The first-order chi connectivity index (χ1) is 8.75. The van der Waals surface area contributed by atoms with Gasteiger partial charge in [-0.05, 0) is 18.6 Å². The van der Waals surface area contributed by atoms with Crippen LogP contribution in [0.4, 0.5) is 5.82 Å². The van der Waals surface area contributed by atoms with Gasteiger partial charge in [-0.25, -0.2) is 9.97 Å². The molecule has 2 aromatic heterocycles. The third-order valence-corrected chi connectivity index (χ3v) is 2.41. The average Bonchev–Trinajstić information content (AvgIpc) is 2.88. The van der Waals surface area contributed by atoms with E-state index in [2.05, 4.69) is 25.5 Å². The molecular formula is C11H14N6O. The van der Waals surface area contributed by atoms with E-state index < -0.39 is 5.91 Å². The minimum absolute atomic E-state index is 0.405. The van der Waals surface area contributed by atoms with Crippen molar-refractivity contribution in [3.05, 3.63) is 36.0 Å². The molecule has 2 aromatic rings. The van der Waals surface area contributed by atoms with Crippen LogP contribution in [-0.2, 0) is 6.42 Å². The first kappa shape index (κ1) is 12.0. The number of aryl methyl sites for hydroxylation is 1. The molecule has 0 unspecified atom stereocenters. The quantitative estimate of drug-likeness (QED) is 0.637. The zero-order chi connectivity index (χ0) is 12.8. The van der Waals surface area contributed by atoms with Crippen molar-refractivity contribution in [2.24, 2.45) is 5.73 Å². The van der Waals surface area contributed by atoms with Gasteiger partial charge in [0.05, 0.1) is 5.56 Å². The van der Waals surface area contributed by atoms with Gasteiger partial charge in [-0.3, -0.25) is 9.89 Å². The minimum Gasteiger partial charge on any atom is -0.370 e. The Labute approximate surface area is 104 Å². The van der Waals surface area contributed by atoms with Gasteiger partial charge in [-0.15, -0.1) is 0 Å². The summed E-state index contributed by atoms with van der Waals surface area (Å²) in [5, 5.41) is 9.72. The fraction of sp³-hybridized carbons (Fsp3) is 0.273. The van der Waals surface area contributed by atoms with Gasteiger partial charge in [0.1, 0.15) is 18.0 Å². The lowest BCUT2D eigenvalue weighted by Crippen LogP contribution is -2.12. The zero-order valence-corrected chi connectivity index (χ0v) is 9.76. The number of H-pyrrole nitrogens is 1. The summed E-state index contributed by atoms with van der Waals surface area (Å²) in [5.74, 6) is 1.12. The Bertz CT molecular complexity index is 493. The number of anilines is 1. The van der Waals surface area contributed by atoms with Crippen molar-refractivity contribution < 1.29 is 4.79 Å². The highest BCUT2D eigenvalue weighted by Crippen LogP contribution is 2.04. The highest BCUT2D eigenvalue weighted by atomic mass is 16.1. The first-order valence-electron chi connectivity index (χ1n) is 5.59. The van der Waals surface area contributed by atoms with Crippen molar-refractivity contribution in [1.82, 2.24) is 20.2 Å². The molecule has 2 heterocycles. The van der Waals surface area contributed by atoms with E-state index in [1.807, 2.05) is 0 Å². The molecule has 0 radical (unpaired) electrons. The molecule has 0 aromatic carbocycles. The lowest BCUT2D eigenvalue weighted by molar-refractivity contribution is 0.1000. The molecule has 4 N–H and O–H groups in total. The van der Waals surface area contributed by atoms with Gasteiger partial charge in [-0.2, -0.15) is 5.10 Å². The van der Waals surface area contributed by atoms with Crippen molar-refractivity contribution in [1.29, 1.82) is 0 Å². The molecule has 0 aliphatic heterocycles. The lowest BCUT2D eigenvalue weighted by atomic mass is 10.2. The highest BCUT2D eigenvalue weighted by molar-refractivity contribution is 5.92. The summed E-state index contributed by atoms with van der Waals surface area (Å²) in [6.07, 6.45) is 4.69. The summed E-state index contributed by atoms with van der Waals surface area (Å²) in [6.45, 7) is 0.767. The molecular weight excluding hydrogens is 232 g/mol. The predicted octanol–water partition coefficient (Wildman–Crippen LogP) is 0.343. The van der Waals surface area contributed by atoms with E-state index in [0.717, 1.165) is 31.0 Å². The summed E-state index contributed by atoms with van der Waals surface area (Å²) in [4.78, 5) is 19.0. The Morgan fingerprint density at radius 2 is 2.28 bits per heavy atom. The fourth-order valence-electron chi connectivity index (χ4n) is 1.47. The number of aromatic nitrogens is 4. The second-order valence-corrected chi connectivity index (χ2v) is 3.76. The molecule has 2 rings (SSSR count). The Morgan fingerprint density at radius 3 is 2.89 bits per heavy atom. The van der Waals surface area contributed by atoms with Gasteiger partial charge in [-0.1, -0.05) is 0 Å². The molecule has 7 heteroatoms. The number of rotatable bonds is 6. The van der Waals surface area contributed by atoms with E-state index in [9.17, 15) is 4.79 Å². The molecule has 0 saturated carbocycles. The third-order valence-electron chi connectivity index (χ3n) is 2.41. The van der Waals surface area contributed by atoms with Gasteiger partial charge in [0.2, 0.25) is 5.91 Å². The van der Waals surface area contributed by atoms with E-state index in [0.29, 0.717) is 5.56 Å². The number of carbonyl (C=O) groups is 1. The zero-order valence-electron chi connectivity index (χ0n) is 9.76. The van der Waals surface area contributed by atoms with Crippen LogP contribution < -0.4 is 11.1 Å². The number of amides is 1. The van der Waals surface area contributed by atoms with E-state index >= 15 is 0 Å². The van der Waals surface area contributed by atoms with Crippen LogP contribution in [0.3, 0.4) is 0 Å². The Balaban J connectivity index is 1.75. The lowest BCUT2D eigenvalue weighted by Gasteiger charge is -2.04. The molecule has 18 heavy (non-hydrogen) atoms. The van der Waals surface area contributed by atoms with Crippen LogP contribution in [0.1, 0.15) is 22.6 Å². The SMILES string of the molecule is NC(=O)c1ccc(NCCCc2ncn[nH]2)nc1. The predicted molar refractivity (Wildman–Crippen MR) is 65.9 cm³/mol. The molecule has 7 nitrogen and oxygen atoms in total. The smallest absolute Gasteiger partial charge is 0.250 e. The number of primary amides is 1. The second kappa shape index (κ2) is 5.76. The Kier molecular flexibility index (Phi) is 3.85. The van der Waals surface area contributed by atoms with E-state index in [-0.39, 0.29) is 0 Å². The van der Waals surface area contributed by atoms with Crippen molar-refractivity contribution in [3.8, 4) is 0 Å². The number of nitrogens with two attached hydrogens (primary N) is 1. The van der Waals surface area contributed by atoms with Crippen LogP contribution in [0, 0.1) is 0 Å². The molecule has 0 atom stereocenters. The summed E-state index contributed by atoms with van der Waals surface area (Å²) in [5.41, 5.74) is 5.53. The number of hydrogen-bond acceptors (Lipinski definition) is 5. The van der Waals surface area contributed by atoms with Crippen LogP contribution in [0.15, 0.2) is 24.7 Å². The van der Waals surface area contributed by atoms with Crippen molar-refractivity contribution in [2.45, 2.75) is 12.8 Å². The number of pyridine rings is 1. The van der Waals surface area contributed by atoms with Crippen LogP contribution in [-0.4, -0.2) is 32.6 Å². The standard InChI is InChI=1S/C11H14N6O/c12-11(18)8-3-4-9(14-6-8)13-5-1-2-10-15-7-16-17-10/h3-4,6-7H,1-2,5H2,(H2,12,18)(H,13,14)(H,15,16,17). The molecule has 0 spiro atoms. The van der Waals surface area contributed by atoms with Crippen LogP contribution >= 0.6 is 0 Å². The van der Waals surface area contributed by atoms with E-state index in [4.69, 9.17) is 5.73 Å². The first-order valence-corrected chi connectivity index (χ1v) is 5.59. The average molecular weight is 246 g/mol. The molecule has 0 aliphatic carbocycles. The van der Waals surface area contributed by atoms with Gasteiger partial charge < -0.3 is 11.1 Å². The van der Waals surface area contributed by atoms with Crippen LogP contribution in [0.2, 0.25) is 0 Å². The molecule has 1 amide bonds. The molecule has 0 fully saturated rings. The second-order valence-electron chi connectivity index (χ2n) is 3.76. The monoisotopic (exact) mass is 246 g/mol. The minimum atomic E-state index is -0.473. The van der Waals surface area contributed by atoms with Crippen LogP contribution in [0.25, 0.3) is 0 Å². The fourth-order valence-corrected chi connectivity index (χ4v) is 1.47. The van der Waals surface area contributed by atoms with Crippen molar-refractivity contribution in [3.63, 3.8) is 0 Å². The largest absolute Gasteiger partial charge is 0.370 e. The molecule has 94 valence electrons. The summed E-state index contributed by atoms with van der Waals surface area (Å²) in [6, 6.07) is 3.38. The summed E-state index contributed by atoms with van der Waals surface area (Å²) >= 11 is 0. The third kappa shape index (κ3) is 3.27. The molecule has 0 aliphatic rings. The highest BCUT2D eigenvalue weighted by Gasteiger charge is 2.00. The van der Waals surface area contributed by atoms with Gasteiger partial charge in [0.25, 0.3) is 0 Å². The number of carbonyl (C=O) groups excluding carboxylic acids is 1. The van der Waals surface area contributed by atoms with Gasteiger partial charge in [0.15, 0.2) is 0 Å². The number of hydrogen-bond donors (Lipinski definition) is 3. The van der Waals surface area contributed by atoms with E-state index in [1.54, 1.807) is 12.1 Å². The van der Waals surface area contributed by atoms with E-state index in [1.165, 1.54) is 12.5 Å². The number of aromatic amines is 1. The normalized spacial score (nSPS) is 10.2. The maximum Gasteiger partial charge on any atom is 0.250 e. The summed E-state index contributed by atoms with van der Waals surface area (Å²) in [7, 11) is 0. The maximum atomic E-state index is 10.8. The van der Waals surface area contributed by atoms with Crippen molar-refractivity contribution >= 4 is 11.7 Å². The van der Waals surface area contributed by atoms with Gasteiger partial charge >= 0.3 is 0 Å². The summed E-state index contributed by atoms with van der Waals surface area (Å²) < 4.78 is 0. The Hall–Kier alpha value is -2.44. The Morgan fingerprint density at radius 1 is 1.39 bits per heavy atom. The number of nitrogens with zero attached hydrogens (tertiary/aromatic N) is 3. The van der Waals surface area contributed by atoms with Gasteiger partial charge in [0, 0.05) is 19.2 Å². The van der Waals surface area contributed by atoms with Crippen molar-refractivity contribution in [2.75, 3.05) is 11.9 Å².